The van der Waals surface area contributed by atoms with E-state index in [1.54, 1.807) is 31.1 Å². The molecule has 2 N–H and O–H groups in total. The Balaban J connectivity index is 2.59. The van der Waals surface area contributed by atoms with Gasteiger partial charge in [-0.25, -0.2) is 0 Å². The zero-order valence-electron chi connectivity index (χ0n) is 12.9. The van der Waals surface area contributed by atoms with Crippen molar-refractivity contribution in [2.45, 2.75) is 13.8 Å². The van der Waals surface area contributed by atoms with E-state index in [1.807, 2.05) is 13.8 Å². The first-order valence-corrected chi connectivity index (χ1v) is 7.40. The van der Waals surface area contributed by atoms with E-state index >= 15 is 0 Å². The molecular formula is C14H22BrN3O3. The number of furan rings is 1. The van der Waals surface area contributed by atoms with Gasteiger partial charge in [0.2, 0.25) is 5.91 Å². The minimum atomic E-state index is -0.333. The fourth-order valence-corrected chi connectivity index (χ4v) is 2.11. The van der Waals surface area contributed by atoms with Crippen LogP contribution < -0.4 is 5.73 Å². The minimum absolute atomic E-state index is 0.00565. The molecule has 0 aliphatic carbocycles. The smallest absolute Gasteiger partial charge is 0.289 e. The fourth-order valence-electron chi connectivity index (χ4n) is 1.81. The normalized spacial score (nSPS) is 11.3. The second-order valence-corrected chi connectivity index (χ2v) is 6.66. The van der Waals surface area contributed by atoms with Crippen LogP contribution in [0, 0.1) is 5.41 Å². The van der Waals surface area contributed by atoms with Crippen LogP contribution in [0.4, 0.5) is 0 Å². The van der Waals surface area contributed by atoms with Crippen molar-refractivity contribution in [3.8, 4) is 0 Å². The summed E-state index contributed by atoms with van der Waals surface area (Å²) in [5.74, 6) is -0.277. The lowest BCUT2D eigenvalue weighted by Gasteiger charge is -2.30. The van der Waals surface area contributed by atoms with Crippen molar-refractivity contribution in [2.75, 3.05) is 33.7 Å². The maximum atomic E-state index is 12.1. The number of rotatable bonds is 6. The van der Waals surface area contributed by atoms with E-state index in [1.165, 1.54) is 4.90 Å². The summed E-state index contributed by atoms with van der Waals surface area (Å²) in [7, 11) is 3.28. The molecule has 0 spiro atoms. The van der Waals surface area contributed by atoms with E-state index in [0.717, 1.165) is 0 Å². The van der Waals surface area contributed by atoms with Crippen molar-refractivity contribution in [3.63, 3.8) is 0 Å². The molecule has 0 bridgehead atoms. The highest BCUT2D eigenvalue weighted by molar-refractivity contribution is 9.10. The molecular weight excluding hydrogens is 338 g/mol. The molecule has 1 aromatic rings. The number of nitrogens with two attached hydrogens (primary N) is 1. The first kappa shape index (κ1) is 17.7. The molecule has 0 saturated carbocycles. The standard InChI is InChI=1S/C14H22BrN3O3/c1-14(2,8-16)9-18(4)12(19)7-17(3)13(20)10-5-6-11(15)21-10/h5-6H,7-9,16H2,1-4H3. The van der Waals surface area contributed by atoms with Crippen molar-refractivity contribution < 1.29 is 14.0 Å². The Morgan fingerprint density at radius 3 is 2.38 bits per heavy atom. The number of hydrogen-bond acceptors (Lipinski definition) is 4. The number of nitrogens with zero attached hydrogens (tertiary/aromatic N) is 2. The molecule has 2 amide bonds. The lowest BCUT2D eigenvalue weighted by molar-refractivity contribution is -0.131. The van der Waals surface area contributed by atoms with Crippen LogP contribution in [0.5, 0.6) is 0 Å². The lowest BCUT2D eigenvalue weighted by atomic mass is 9.93. The molecule has 0 unspecified atom stereocenters. The fraction of sp³-hybridized carbons (Fsp3) is 0.571. The van der Waals surface area contributed by atoms with E-state index in [2.05, 4.69) is 15.9 Å². The van der Waals surface area contributed by atoms with Gasteiger partial charge in [0.05, 0.1) is 6.54 Å². The van der Waals surface area contributed by atoms with Gasteiger partial charge in [0.15, 0.2) is 10.4 Å². The van der Waals surface area contributed by atoms with Crippen LogP contribution in [0.3, 0.4) is 0 Å². The summed E-state index contributed by atoms with van der Waals surface area (Å²) in [5, 5.41) is 0. The summed E-state index contributed by atoms with van der Waals surface area (Å²) in [6, 6.07) is 3.20. The molecule has 1 rings (SSSR count). The van der Waals surface area contributed by atoms with Crippen LogP contribution >= 0.6 is 15.9 Å². The molecule has 0 aliphatic rings. The predicted octanol–water partition coefficient (Wildman–Crippen LogP) is 1.56. The van der Waals surface area contributed by atoms with Gasteiger partial charge in [-0.2, -0.15) is 0 Å². The number of likely N-dealkylation sites (N-methyl/N-ethyl adjacent to an activating group) is 2. The van der Waals surface area contributed by atoms with Gasteiger partial charge in [0, 0.05) is 20.6 Å². The largest absolute Gasteiger partial charge is 0.444 e. The number of halogens is 1. The Kier molecular flexibility index (Phi) is 5.98. The zero-order valence-corrected chi connectivity index (χ0v) is 14.4. The summed E-state index contributed by atoms with van der Waals surface area (Å²) < 4.78 is 5.67. The predicted molar refractivity (Wildman–Crippen MR) is 83.8 cm³/mol. The van der Waals surface area contributed by atoms with Crippen LogP contribution in [-0.2, 0) is 4.79 Å². The van der Waals surface area contributed by atoms with Gasteiger partial charge >= 0.3 is 0 Å². The number of amides is 2. The third-order valence-electron chi connectivity index (χ3n) is 3.15. The van der Waals surface area contributed by atoms with E-state index < -0.39 is 0 Å². The van der Waals surface area contributed by atoms with E-state index in [-0.39, 0.29) is 29.5 Å². The van der Waals surface area contributed by atoms with Gasteiger partial charge in [0.1, 0.15) is 0 Å². The maximum Gasteiger partial charge on any atom is 0.289 e. The van der Waals surface area contributed by atoms with Crippen molar-refractivity contribution in [1.29, 1.82) is 0 Å². The van der Waals surface area contributed by atoms with Crippen LogP contribution in [-0.4, -0.2) is 55.3 Å². The molecule has 0 radical (unpaired) electrons. The molecule has 1 heterocycles. The summed E-state index contributed by atoms with van der Waals surface area (Å²) in [6.45, 7) is 5.00. The second kappa shape index (κ2) is 7.09. The van der Waals surface area contributed by atoms with Gasteiger partial charge in [-0.1, -0.05) is 13.8 Å². The Bertz CT molecular complexity index is 513. The molecule has 1 aromatic heterocycles. The summed E-state index contributed by atoms with van der Waals surface area (Å²) in [6.07, 6.45) is 0. The van der Waals surface area contributed by atoms with E-state index in [4.69, 9.17) is 10.2 Å². The van der Waals surface area contributed by atoms with Gasteiger partial charge in [0.25, 0.3) is 5.91 Å². The van der Waals surface area contributed by atoms with Crippen LogP contribution in [0.15, 0.2) is 21.2 Å². The van der Waals surface area contributed by atoms with Gasteiger partial charge in [-0.15, -0.1) is 0 Å². The Labute approximate surface area is 133 Å². The van der Waals surface area contributed by atoms with E-state index in [0.29, 0.717) is 17.8 Å². The van der Waals surface area contributed by atoms with Gasteiger partial charge in [-0.05, 0) is 40.0 Å². The Morgan fingerprint density at radius 2 is 1.90 bits per heavy atom. The highest BCUT2D eigenvalue weighted by Gasteiger charge is 2.24. The molecule has 6 nitrogen and oxygen atoms in total. The van der Waals surface area contributed by atoms with Crippen molar-refractivity contribution >= 4 is 27.7 Å². The SMILES string of the molecule is CN(CC(C)(C)CN)C(=O)CN(C)C(=O)c1ccc(Br)o1. The topological polar surface area (TPSA) is 79.8 Å². The minimum Gasteiger partial charge on any atom is -0.444 e. The molecule has 7 heteroatoms. The molecule has 0 atom stereocenters. The Morgan fingerprint density at radius 1 is 1.29 bits per heavy atom. The van der Waals surface area contributed by atoms with Gasteiger partial charge < -0.3 is 20.0 Å². The molecule has 21 heavy (non-hydrogen) atoms. The highest BCUT2D eigenvalue weighted by Crippen LogP contribution is 2.16. The quantitative estimate of drug-likeness (QED) is 0.835. The zero-order chi connectivity index (χ0) is 16.2. The van der Waals surface area contributed by atoms with Crippen LogP contribution in [0.2, 0.25) is 0 Å². The molecule has 0 aliphatic heterocycles. The molecule has 118 valence electrons. The van der Waals surface area contributed by atoms with Gasteiger partial charge in [-0.3, -0.25) is 9.59 Å². The summed E-state index contributed by atoms with van der Waals surface area (Å²) in [4.78, 5) is 27.1. The molecule has 0 aromatic carbocycles. The highest BCUT2D eigenvalue weighted by atomic mass is 79.9. The number of hydrogen-bond donors (Lipinski definition) is 1. The molecule has 0 saturated heterocycles. The summed E-state index contributed by atoms with van der Waals surface area (Å²) in [5.41, 5.74) is 5.51. The third-order valence-corrected chi connectivity index (χ3v) is 3.57. The first-order valence-electron chi connectivity index (χ1n) is 6.61. The van der Waals surface area contributed by atoms with Crippen LogP contribution in [0.25, 0.3) is 0 Å². The third kappa shape index (κ3) is 5.17. The lowest BCUT2D eigenvalue weighted by Crippen LogP contribution is -2.44. The van der Waals surface area contributed by atoms with Crippen molar-refractivity contribution in [2.24, 2.45) is 11.1 Å². The molecule has 0 fully saturated rings. The monoisotopic (exact) mass is 359 g/mol. The second-order valence-electron chi connectivity index (χ2n) is 5.88. The number of carbonyl (C=O) groups is 2. The Hall–Kier alpha value is -1.34. The average molecular weight is 360 g/mol. The van der Waals surface area contributed by atoms with Crippen molar-refractivity contribution in [3.05, 3.63) is 22.6 Å². The average Bonchev–Trinajstić information content (AvgIpc) is 2.83. The first-order chi connectivity index (χ1) is 9.66. The number of carbonyl (C=O) groups excluding carboxylic acids is 2. The van der Waals surface area contributed by atoms with Crippen molar-refractivity contribution in [1.82, 2.24) is 9.80 Å². The van der Waals surface area contributed by atoms with Crippen LogP contribution in [0.1, 0.15) is 24.4 Å². The van der Waals surface area contributed by atoms with E-state index in [9.17, 15) is 9.59 Å². The summed E-state index contributed by atoms with van der Waals surface area (Å²) >= 11 is 3.14. The maximum absolute atomic E-state index is 12.1.